The predicted molar refractivity (Wildman–Crippen MR) is 167 cm³/mol. The number of nitrogens with zero attached hydrogens (tertiary/aromatic N) is 3. The molecule has 0 aromatic heterocycles. The van der Waals surface area contributed by atoms with Crippen LogP contribution in [0.25, 0.3) is 0 Å². The summed E-state index contributed by atoms with van der Waals surface area (Å²) in [7, 11) is 0. The summed E-state index contributed by atoms with van der Waals surface area (Å²) in [6, 6.07) is 5.77. The van der Waals surface area contributed by atoms with Gasteiger partial charge in [-0.2, -0.15) is 0 Å². The van der Waals surface area contributed by atoms with Crippen molar-refractivity contribution in [3.05, 3.63) is 49.6 Å². The number of rotatable bonds is 16. The fourth-order valence-electron chi connectivity index (χ4n) is 7.55. The number of hydrogen-bond donors (Lipinski definition) is 1. The summed E-state index contributed by atoms with van der Waals surface area (Å²) in [5.41, 5.74) is -1.36. The number of hydrogen-bond acceptors (Lipinski definition) is 6. The molecular formula is C34H49N3O6. The molecule has 9 heteroatoms. The monoisotopic (exact) mass is 595 g/mol. The lowest BCUT2D eigenvalue weighted by molar-refractivity contribution is -0.155. The molecule has 1 aromatic carbocycles. The number of aliphatic hydroxyl groups excluding tert-OH is 1. The molecule has 3 fully saturated rings. The van der Waals surface area contributed by atoms with Gasteiger partial charge in [0.1, 0.15) is 17.4 Å². The van der Waals surface area contributed by atoms with Crippen molar-refractivity contribution in [2.24, 2.45) is 11.8 Å². The van der Waals surface area contributed by atoms with E-state index < -0.39 is 35.1 Å². The lowest BCUT2D eigenvalue weighted by atomic mass is 9.64. The van der Waals surface area contributed by atoms with E-state index in [1.807, 2.05) is 38.1 Å². The van der Waals surface area contributed by atoms with Crippen LogP contribution in [0.3, 0.4) is 0 Å². The number of carbonyl (C=O) groups is 3. The quantitative estimate of drug-likeness (QED) is 0.226. The molecule has 2 unspecified atom stereocenters. The summed E-state index contributed by atoms with van der Waals surface area (Å²) in [6.45, 7) is 16.9. The van der Waals surface area contributed by atoms with Gasteiger partial charge in [0.25, 0.3) is 0 Å². The highest BCUT2D eigenvalue weighted by molar-refractivity contribution is 6.03. The number of fused-ring (bicyclic) bond motifs is 1. The van der Waals surface area contributed by atoms with Crippen LogP contribution in [0.4, 0.5) is 5.69 Å². The maximum Gasteiger partial charge on any atom is 0.248 e. The standard InChI is InChI=1S/C34H49N3O6/c1-7-12-13-22-35(20-8-2)32(41)29-34-19-18-33(10-4,43-34)27(28(34)31(40)37(29)24(6)23-38)30(39)36(21-9-3)25-14-16-26(17-15-25)42-11-5/h8-9,14-17,24,27-29,38H,2-3,7,10-13,18-23H2,1,4-6H3/t24-,27+,28+,29?,33-,34?/m1/s1. The second-order valence-corrected chi connectivity index (χ2v) is 12.1. The Morgan fingerprint density at radius 2 is 1.81 bits per heavy atom. The molecule has 3 amide bonds. The number of benzene rings is 1. The molecule has 1 spiro atoms. The lowest BCUT2D eigenvalue weighted by Crippen LogP contribution is -2.58. The Kier molecular flexibility index (Phi) is 10.4. The Morgan fingerprint density at radius 3 is 2.40 bits per heavy atom. The smallest absolute Gasteiger partial charge is 0.248 e. The number of likely N-dealkylation sites (tertiary alicyclic amines) is 1. The second kappa shape index (κ2) is 13.6. The molecule has 2 bridgehead atoms. The number of carbonyl (C=O) groups excluding carboxylic acids is 3. The summed E-state index contributed by atoms with van der Waals surface area (Å²) in [4.78, 5) is 48.5. The highest BCUT2D eigenvalue weighted by Crippen LogP contribution is 2.65. The Morgan fingerprint density at radius 1 is 1.12 bits per heavy atom. The minimum Gasteiger partial charge on any atom is -0.494 e. The number of amides is 3. The first-order chi connectivity index (χ1) is 20.7. The SMILES string of the molecule is C=CCN(CCCCC)C(=O)C1N([C@H](C)CO)C(=O)[C@@H]2[C@@H](C(=O)N(CC=C)c3ccc(OCC)cc3)[C@@]3(CC)CCC12O3. The molecule has 3 aliphatic heterocycles. The van der Waals surface area contributed by atoms with E-state index >= 15 is 0 Å². The second-order valence-electron chi connectivity index (χ2n) is 12.1. The molecule has 0 aliphatic carbocycles. The Hall–Kier alpha value is -3.17. The normalized spacial score (nSPS) is 28.0. The van der Waals surface area contributed by atoms with Crippen molar-refractivity contribution in [1.29, 1.82) is 0 Å². The Labute approximate surface area is 256 Å². The highest BCUT2D eigenvalue weighted by Gasteiger charge is 2.79. The largest absolute Gasteiger partial charge is 0.494 e. The van der Waals surface area contributed by atoms with E-state index in [0.717, 1.165) is 19.3 Å². The maximum absolute atomic E-state index is 14.7. The van der Waals surface area contributed by atoms with Crippen LogP contribution < -0.4 is 9.64 Å². The number of anilines is 1. The zero-order valence-corrected chi connectivity index (χ0v) is 26.3. The lowest BCUT2D eigenvalue weighted by Gasteiger charge is -2.38. The molecule has 236 valence electrons. The van der Waals surface area contributed by atoms with Crippen molar-refractivity contribution < 1.29 is 29.0 Å². The van der Waals surface area contributed by atoms with Crippen molar-refractivity contribution in [3.63, 3.8) is 0 Å². The van der Waals surface area contributed by atoms with Gasteiger partial charge in [-0.05, 0) is 63.8 Å². The van der Waals surface area contributed by atoms with Gasteiger partial charge in [0.15, 0.2) is 0 Å². The van der Waals surface area contributed by atoms with Gasteiger partial charge in [0.05, 0.1) is 36.7 Å². The van der Waals surface area contributed by atoms with E-state index in [1.54, 1.807) is 28.9 Å². The average molecular weight is 596 g/mol. The van der Waals surface area contributed by atoms with Gasteiger partial charge in [-0.1, -0.05) is 38.8 Å². The van der Waals surface area contributed by atoms with E-state index in [2.05, 4.69) is 20.1 Å². The third-order valence-electron chi connectivity index (χ3n) is 9.59. The molecule has 1 N–H and O–H groups in total. The van der Waals surface area contributed by atoms with Crippen LogP contribution in [0.2, 0.25) is 0 Å². The fourth-order valence-corrected chi connectivity index (χ4v) is 7.55. The predicted octanol–water partition coefficient (Wildman–Crippen LogP) is 4.34. The molecule has 1 aromatic rings. The van der Waals surface area contributed by atoms with Crippen LogP contribution in [-0.4, -0.2) is 88.8 Å². The summed E-state index contributed by atoms with van der Waals surface area (Å²) in [5, 5.41) is 10.2. The van der Waals surface area contributed by atoms with Gasteiger partial charge in [-0.15, -0.1) is 13.2 Å². The van der Waals surface area contributed by atoms with Gasteiger partial charge in [0, 0.05) is 25.3 Å². The van der Waals surface area contributed by atoms with Gasteiger partial charge >= 0.3 is 0 Å². The number of aliphatic hydroxyl groups is 1. The topological polar surface area (TPSA) is 99.6 Å². The summed E-state index contributed by atoms with van der Waals surface area (Å²) in [5.74, 6) is -1.65. The van der Waals surface area contributed by atoms with Crippen LogP contribution in [-0.2, 0) is 19.1 Å². The third-order valence-corrected chi connectivity index (χ3v) is 9.59. The van der Waals surface area contributed by atoms with E-state index in [9.17, 15) is 19.5 Å². The van der Waals surface area contributed by atoms with E-state index in [1.165, 1.54) is 4.90 Å². The number of unbranched alkanes of at least 4 members (excludes halogenated alkanes) is 2. The molecule has 43 heavy (non-hydrogen) atoms. The average Bonchev–Trinajstić information content (AvgIpc) is 3.62. The summed E-state index contributed by atoms with van der Waals surface area (Å²) >= 11 is 0. The van der Waals surface area contributed by atoms with Crippen LogP contribution >= 0.6 is 0 Å². The third kappa shape index (κ3) is 5.62. The summed E-state index contributed by atoms with van der Waals surface area (Å²) in [6.07, 6.45) is 7.79. The van der Waals surface area contributed by atoms with Crippen LogP contribution in [0.1, 0.15) is 66.2 Å². The highest BCUT2D eigenvalue weighted by atomic mass is 16.5. The molecule has 6 atom stereocenters. The molecule has 3 heterocycles. The molecule has 0 radical (unpaired) electrons. The van der Waals surface area contributed by atoms with Crippen molar-refractivity contribution in [3.8, 4) is 5.75 Å². The van der Waals surface area contributed by atoms with Gasteiger partial charge in [-0.25, -0.2) is 0 Å². The minimum absolute atomic E-state index is 0.207. The molecule has 0 saturated carbocycles. The Bertz CT molecular complexity index is 1190. The number of ether oxygens (including phenoxy) is 2. The molecule has 9 nitrogen and oxygen atoms in total. The van der Waals surface area contributed by atoms with E-state index in [0.29, 0.717) is 50.4 Å². The van der Waals surface area contributed by atoms with Crippen LogP contribution in [0.15, 0.2) is 49.6 Å². The van der Waals surface area contributed by atoms with Crippen molar-refractivity contribution in [2.45, 2.75) is 89.5 Å². The zero-order valence-electron chi connectivity index (χ0n) is 26.3. The molecule has 3 aliphatic rings. The van der Waals surface area contributed by atoms with Gasteiger partial charge in [0.2, 0.25) is 17.7 Å². The van der Waals surface area contributed by atoms with Gasteiger partial charge in [-0.3, -0.25) is 14.4 Å². The first kappa shape index (κ1) is 32.7. The minimum atomic E-state index is -1.16. The molecule has 4 rings (SSSR count). The van der Waals surface area contributed by atoms with E-state index in [4.69, 9.17) is 9.47 Å². The first-order valence-electron chi connectivity index (χ1n) is 15.9. The van der Waals surface area contributed by atoms with Crippen molar-refractivity contribution in [2.75, 3.05) is 37.7 Å². The maximum atomic E-state index is 14.7. The Balaban J connectivity index is 1.78. The van der Waals surface area contributed by atoms with Gasteiger partial charge < -0.3 is 29.3 Å². The zero-order chi connectivity index (χ0) is 31.4. The van der Waals surface area contributed by atoms with Crippen molar-refractivity contribution in [1.82, 2.24) is 9.80 Å². The van der Waals surface area contributed by atoms with Crippen molar-refractivity contribution >= 4 is 23.4 Å². The fraction of sp³-hybridized carbons (Fsp3) is 0.618. The van der Waals surface area contributed by atoms with Crippen LogP contribution in [0.5, 0.6) is 5.75 Å². The summed E-state index contributed by atoms with van der Waals surface area (Å²) < 4.78 is 12.5. The first-order valence-corrected chi connectivity index (χ1v) is 15.9. The molecular weight excluding hydrogens is 546 g/mol. The van der Waals surface area contributed by atoms with Crippen LogP contribution in [0, 0.1) is 11.8 Å². The van der Waals surface area contributed by atoms with E-state index in [-0.39, 0.29) is 30.9 Å². The molecule has 3 saturated heterocycles.